The number of amides is 1. The summed E-state index contributed by atoms with van der Waals surface area (Å²) in [4.78, 5) is 38.7. The summed E-state index contributed by atoms with van der Waals surface area (Å²) in [5.74, 6) is -2.01. The van der Waals surface area contributed by atoms with Crippen LogP contribution in [0, 0.1) is 17.3 Å². The van der Waals surface area contributed by atoms with Crippen LogP contribution in [0.2, 0.25) is 0 Å². The zero-order chi connectivity index (χ0) is 16.4. The Hall–Kier alpha value is -2.11. The molecular weight excluding hydrogens is 286 g/mol. The molecule has 4 rings (SSSR count). The molecule has 118 valence electrons. The molecule has 1 fully saturated rings. The van der Waals surface area contributed by atoms with Crippen LogP contribution in [0.3, 0.4) is 0 Å². The van der Waals surface area contributed by atoms with Crippen molar-refractivity contribution in [2.45, 2.75) is 19.4 Å². The monoisotopic (exact) mass is 305 g/mol. The van der Waals surface area contributed by atoms with E-state index in [0.717, 1.165) is 0 Å². The number of methoxy groups -OCH3 is 2. The van der Waals surface area contributed by atoms with Crippen molar-refractivity contribution in [3.63, 3.8) is 0 Å². The first-order valence-electron chi connectivity index (χ1n) is 7.14. The lowest BCUT2D eigenvalue weighted by atomic mass is 9.43. The lowest BCUT2D eigenvalue weighted by molar-refractivity contribution is -0.200. The Morgan fingerprint density at radius 2 is 1.50 bits per heavy atom. The van der Waals surface area contributed by atoms with E-state index in [2.05, 4.69) is 0 Å². The van der Waals surface area contributed by atoms with Gasteiger partial charge in [-0.2, -0.15) is 0 Å². The minimum atomic E-state index is -0.748. The number of ether oxygens (including phenoxy) is 2. The van der Waals surface area contributed by atoms with E-state index in [-0.39, 0.29) is 17.4 Å². The fourth-order valence-electron chi connectivity index (χ4n) is 4.44. The number of nitrogens with zero attached hydrogens (tertiary/aromatic N) is 1. The topological polar surface area (TPSA) is 72.9 Å². The fraction of sp³-hybridized carbons (Fsp3) is 0.562. The van der Waals surface area contributed by atoms with Crippen LogP contribution in [0.25, 0.3) is 0 Å². The first-order chi connectivity index (χ1) is 10.3. The molecule has 3 aliphatic carbocycles. The van der Waals surface area contributed by atoms with Crippen LogP contribution in [0.1, 0.15) is 13.8 Å². The molecule has 4 atom stereocenters. The number of hydrogen-bond donors (Lipinski definition) is 0. The van der Waals surface area contributed by atoms with Gasteiger partial charge >= 0.3 is 11.9 Å². The van der Waals surface area contributed by atoms with E-state index in [1.807, 2.05) is 26.0 Å². The number of β-lactam (4-membered cyclic amide) rings is 1. The molecule has 1 amide bonds. The van der Waals surface area contributed by atoms with Gasteiger partial charge in [0.1, 0.15) is 0 Å². The van der Waals surface area contributed by atoms with Crippen LogP contribution in [0.4, 0.5) is 0 Å². The Morgan fingerprint density at radius 1 is 1.05 bits per heavy atom. The second-order valence-corrected chi connectivity index (χ2v) is 6.36. The summed E-state index contributed by atoms with van der Waals surface area (Å²) in [6.45, 7) is 3.81. The largest absolute Gasteiger partial charge is 0.466 e. The van der Waals surface area contributed by atoms with Gasteiger partial charge in [-0.05, 0) is 13.8 Å². The Balaban J connectivity index is 2.27. The minimum Gasteiger partial charge on any atom is -0.466 e. The molecule has 1 saturated heterocycles. The summed E-state index contributed by atoms with van der Waals surface area (Å²) in [6, 6.07) is 0. The van der Waals surface area contributed by atoms with Crippen molar-refractivity contribution in [2.24, 2.45) is 17.3 Å². The van der Waals surface area contributed by atoms with E-state index in [9.17, 15) is 14.4 Å². The van der Waals surface area contributed by atoms with E-state index in [0.29, 0.717) is 5.57 Å². The maximum absolute atomic E-state index is 12.5. The lowest BCUT2D eigenvalue weighted by Crippen LogP contribution is -2.81. The molecule has 2 bridgehead atoms. The predicted octanol–water partition coefficient (Wildman–Crippen LogP) is 0.682. The second-order valence-electron chi connectivity index (χ2n) is 6.36. The molecule has 1 aliphatic heterocycles. The third-order valence-electron chi connectivity index (χ3n) is 5.94. The number of likely N-dealkylation sites (tertiary alicyclic amines) is 1. The highest BCUT2D eigenvalue weighted by Gasteiger charge is 2.75. The van der Waals surface area contributed by atoms with Crippen LogP contribution >= 0.6 is 0 Å². The highest BCUT2D eigenvalue weighted by Crippen LogP contribution is 2.65. The van der Waals surface area contributed by atoms with E-state index in [1.165, 1.54) is 14.2 Å². The van der Waals surface area contributed by atoms with E-state index in [1.54, 1.807) is 11.9 Å². The first-order valence-corrected chi connectivity index (χ1v) is 7.14. The second kappa shape index (κ2) is 4.21. The van der Waals surface area contributed by atoms with Gasteiger partial charge in [0, 0.05) is 18.9 Å². The van der Waals surface area contributed by atoms with Gasteiger partial charge in [-0.25, -0.2) is 9.59 Å². The van der Waals surface area contributed by atoms with Crippen molar-refractivity contribution < 1.29 is 23.9 Å². The molecular formula is C16H19NO5. The van der Waals surface area contributed by atoms with Gasteiger partial charge in [0.25, 0.3) is 0 Å². The quantitative estimate of drug-likeness (QED) is 0.426. The number of rotatable bonds is 2. The summed E-state index contributed by atoms with van der Waals surface area (Å²) in [7, 11) is 4.28. The fourth-order valence-corrected chi connectivity index (χ4v) is 4.44. The van der Waals surface area contributed by atoms with Crippen molar-refractivity contribution >= 4 is 17.8 Å². The summed E-state index contributed by atoms with van der Waals surface area (Å²) < 4.78 is 9.72. The summed E-state index contributed by atoms with van der Waals surface area (Å²) in [6.07, 6.45) is 3.74. The molecule has 0 aromatic rings. The molecule has 22 heavy (non-hydrogen) atoms. The Morgan fingerprint density at radius 3 is 2.00 bits per heavy atom. The number of carbonyl (C=O) groups is 3. The molecule has 0 spiro atoms. The average Bonchev–Trinajstić information content (AvgIpc) is 2.55. The Kier molecular flexibility index (Phi) is 2.84. The first kappa shape index (κ1) is 14.8. The van der Waals surface area contributed by atoms with Gasteiger partial charge in [0.05, 0.1) is 36.3 Å². The normalized spacial score (nSPS) is 38.6. The van der Waals surface area contributed by atoms with Crippen LogP contribution in [-0.4, -0.2) is 49.6 Å². The van der Waals surface area contributed by atoms with Crippen molar-refractivity contribution in [1.29, 1.82) is 0 Å². The zero-order valence-electron chi connectivity index (χ0n) is 13.3. The van der Waals surface area contributed by atoms with Crippen LogP contribution in [0.15, 0.2) is 23.3 Å². The van der Waals surface area contributed by atoms with Crippen molar-refractivity contribution in [3.05, 3.63) is 23.3 Å². The Bertz CT molecular complexity index is 663. The molecule has 1 heterocycles. The minimum absolute atomic E-state index is 0.0281. The highest BCUT2D eigenvalue weighted by atomic mass is 16.5. The maximum Gasteiger partial charge on any atom is 0.334 e. The number of hydrogen-bond acceptors (Lipinski definition) is 5. The van der Waals surface area contributed by atoms with Crippen molar-refractivity contribution in [2.75, 3.05) is 21.3 Å². The van der Waals surface area contributed by atoms with E-state index in [4.69, 9.17) is 9.47 Å². The predicted molar refractivity (Wildman–Crippen MR) is 76.5 cm³/mol. The van der Waals surface area contributed by atoms with E-state index < -0.39 is 28.8 Å². The molecule has 0 unspecified atom stereocenters. The third-order valence-corrected chi connectivity index (χ3v) is 5.94. The van der Waals surface area contributed by atoms with Crippen LogP contribution in [-0.2, 0) is 23.9 Å². The average molecular weight is 305 g/mol. The van der Waals surface area contributed by atoms with Gasteiger partial charge in [-0.1, -0.05) is 12.2 Å². The molecule has 4 aliphatic rings. The number of carbonyl (C=O) groups excluding carboxylic acids is 3. The standard InChI is InChI=1S/C16H19NO5/c1-15-8-6-7-9(16(15,2)17(3)14(15)20)11(13(19)22-5)10(8)12(18)21-4/h6-9H,1-5H3/t8-,9+,15+,16-/m0/s1. The maximum atomic E-state index is 12.5. The lowest BCUT2D eigenvalue weighted by Gasteiger charge is -2.70. The van der Waals surface area contributed by atoms with E-state index >= 15 is 0 Å². The number of allylic oxidation sites excluding steroid dienone is 1. The molecule has 0 N–H and O–H groups in total. The van der Waals surface area contributed by atoms with Gasteiger partial charge < -0.3 is 14.4 Å². The van der Waals surface area contributed by atoms with Crippen molar-refractivity contribution in [1.82, 2.24) is 4.90 Å². The third kappa shape index (κ3) is 1.25. The summed E-state index contributed by atoms with van der Waals surface area (Å²) >= 11 is 0. The molecule has 0 radical (unpaired) electrons. The molecule has 6 heteroatoms. The summed E-state index contributed by atoms with van der Waals surface area (Å²) in [5.41, 5.74) is -0.739. The van der Waals surface area contributed by atoms with Gasteiger partial charge in [0.2, 0.25) is 5.91 Å². The molecule has 0 aromatic carbocycles. The van der Waals surface area contributed by atoms with Crippen molar-refractivity contribution in [3.8, 4) is 0 Å². The smallest absolute Gasteiger partial charge is 0.334 e. The Labute approximate surface area is 128 Å². The number of esters is 2. The summed E-state index contributed by atoms with van der Waals surface area (Å²) in [5, 5.41) is 0. The van der Waals surface area contributed by atoms with Gasteiger partial charge in [-0.15, -0.1) is 0 Å². The van der Waals surface area contributed by atoms with Gasteiger partial charge in [-0.3, -0.25) is 4.79 Å². The van der Waals surface area contributed by atoms with Gasteiger partial charge in [0.15, 0.2) is 0 Å². The zero-order valence-corrected chi connectivity index (χ0v) is 13.3. The van der Waals surface area contributed by atoms with Crippen LogP contribution < -0.4 is 0 Å². The molecule has 6 nitrogen and oxygen atoms in total. The molecule has 0 saturated carbocycles. The molecule has 0 aromatic heterocycles. The van der Waals surface area contributed by atoms with Crippen LogP contribution in [0.5, 0.6) is 0 Å². The highest BCUT2D eigenvalue weighted by molar-refractivity contribution is 6.07. The SMILES string of the molecule is COC(=O)C1=C(C(=O)OC)[C@@H]2C=C[C@H]1[C@]1(C)N(C)C(=O)[C@@]21C.